The average Bonchev–Trinajstić information content (AvgIpc) is 2.90. The minimum atomic E-state index is -3.77. The van der Waals surface area contributed by atoms with Gasteiger partial charge in [-0.2, -0.15) is 4.31 Å². The zero-order valence-corrected chi connectivity index (χ0v) is 21.2. The number of sulfonamides is 1. The van der Waals surface area contributed by atoms with E-state index in [1.54, 1.807) is 23.4 Å². The molecule has 2 heterocycles. The summed E-state index contributed by atoms with van der Waals surface area (Å²) >= 11 is 0. The number of amides is 3. The van der Waals surface area contributed by atoms with Crippen LogP contribution in [0.1, 0.15) is 31.2 Å². The molecule has 2 fully saturated rings. The average molecular weight is 536 g/mol. The van der Waals surface area contributed by atoms with Crippen LogP contribution < -0.4 is 10.6 Å². The lowest BCUT2D eigenvalue weighted by atomic mass is 9.84. The first-order valence-corrected chi connectivity index (χ1v) is 13.8. The lowest BCUT2D eigenvalue weighted by molar-refractivity contribution is -0.134. The van der Waals surface area contributed by atoms with E-state index in [1.807, 2.05) is 6.07 Å². The maximum atomic E-state index is 13.7. The summed E-state index contributed by atoms with van der Waals surface area (Å²) < 4.78 is 54.5. The number of carbonyl (C=O) groups excluding carboxylic acids is 2. The van der Waals surface area contributed by atoms with E-state index in [9.17, 15) is 26.8 Å². The van der Waals surface area contributed by atoms with E-state index in [4.69, 9.17) is 0 Å². The summed E-state index contributed by atoms with van der Waals surface area (Å²) in [5, 5.41) is 5.36. The first kappa shape index (κ1) is 26.9. The minimum Gasteiger partial charge on any atom is -0.340 e. The number of rotatable bonds is 7. The lowest BCUT2D eigenvalue weighted by Crippen LogP contribution is -2.50. The van der Waals surface area contributed by atoms with Crippen LogP contribution in [0, 0.1) is 5.92 Å². The van der Waals surface area contributed by atoms with Crippen molar-refractivity contribution in [1.82, 2.24) is 19.5 Å². The molecule has 2 N–H and O–H groups in total. The van der Waals surface area contributed by atoms with Gasteiger partial charge in [-0.1, -0.05) is 6.07 Å². The zero-order chi connectivity index (χ0) is 26.4. The van der Waals surface area contributed by atoms with Crippen molar-refractivity contribution in [2.24, 2.45) is 5.92 Å². The number of benzene rings is 1. The number of anilines is 1. The number of pyridine rings is 1. The molecular weight excluding hydrogens is 504 g/mol. The summed E-state index contributed by atoms with van der Waals surface area (Å²) in [7, 11) is -3.77. The van der Waals surface area contributed by atoms with Crippen LogP contribution >= 0.6 is 0 Å². The highest BCUT2D eigenvalue weighted by atomic mass is 32.2. The normalized spacial score (nSPS) is 22.9. The topological polar surface area (TPSA) is 112 Å². The lowest BCUT2D eigenvalue weighted by Gasteiger charge is -2.35. The van der Waals surface area contributed by atoms with Crippen molar-refractivity contribution in [1.29, 1.82) is 0 Å². The van der Waals surface area contributed by atoms with E-state index >= 15 is 0 Å². The van der Waals surface area contributed by atoms with Crippen molar-refractivity contribution < 1.29 is 26.8 Å². The Morgan fingerprint density at radius 1 is 1.00 bits per heavy atom. The molecule has 200 valence electrons. The molecule has 0 bridgehead atoms. The van der Waals surface area contributed by atoms with Crippen LogP contribution in [0.3, 0.4) is 0 Å². The SMILES string of the molecule is O=C(NCc1cccnc1)Nc1ccc(S(=O)(=O)N2CCN(C(=O)CC3CCC(F)C(F)C3)CC2)cc1. The third-order valence-corrected chi connectivity index (χ3v) is 8.69. The van der Waals surface area contributed by atoms with Gasteiger partial charge in [0.15, 0.2) is 0 Å². The molecule has 12 heteroatoms. The predicted octanol–water partition coefficient (Wildman–Crippen LogP) is 3.10. The van der Waals surface area contributed by atoms with Gasteiger partial charge in [0.2, 0.25) is 15.9 Å². The summed E-state index contributed by atoms with van der Waals surface area (Å²) in [5.41, 5.74) is 1.29. The van der Waals surface area contributed by atoms with E-state index in [0.29, 0.717) is 18.7 Å². The van der Waals surface area contributed by atoms with Crippen LogP contribution in [-0.4, -0.2) is 73.1 Å². The standard InChI is InChI=1S/C25H31F2N5O4S/c26-22-8-3-18(14-23(22)27)15-24(33)31-10-12-32(13-11-31)37(35,36)21-6-4-20(5-7-21)30-25(34)29-17-19-2-1-9-28-16-19/h1-2,4-7,9,16,18,22-23H,3,8,10-15,17H2,(H2,29,30,34). The molecule has 1 aromatic heterocycles. The van der Waals surface area contributed by atoms with Gasteiger partial charge in [0.25, 0.3) is 0 Å². The van der Waals surface area contributed by atoms with Crippen molar-refractivity contribution in [3.63, 3.8) is 0 Å². The number of hydrogen-bond acceptors (Lipinski definition) is 5. The number of aromatic nitrogens is 1. The van der Waals surface area contributed by atoms with Gasteiger partial charge in [-0.3, -0.25) is 9.78 Å². The van der Waals surface area contributed by atoms with Crippen LogP contribution in [0.25, 0.3) is 0 Å². The molecule has 1 aliphatic heterocycles. The number of nitrogens with one attached hydrogen (secondary N) is 2. The zero-order valence-electron chi connectivity index (χ0n) is 20.4. The Hall–Kier alpha value is -3.12. The summed E-state index contributed by atoms with van der Waals surface area (Å²) in [6.45, 7) is 1.08. The minimum absolute atomic E-state index is 0.0538. The fraction of sp³-hybridized carbons (Fsp3) is 0.480. The van der Waals surface area contributed by atoms with E-state index < -0.39 is 28.4 Å². The van der Waals surface area contributed by atoms with Gasteiger partial charge in [-0.25, -0.2) is 22.0 Å². The second kappa shape index (κ2) is 12.0. The quantitative estimate of drug-likeness (QED) is 0.566. The predicted molar refractivity (Wildman–Crippen MR) is 134 cm³/mol. The van der Waals surface area contributed by atoms with Gasteiger partial charge < -0.3 is 15.5 Å². The van der Waals surface area contributed by atoms with E-state index in [-0.39, 0.29) is 62.2 Å². The van der Waals surface area contributed by atoms with Crippen molar-refractivity contribution >= 4 is 27.6 Å². The Labute approximate surface area is 215 Å². The summed E-state index contributed by atoms with van der Waals surface area (Å²) in [6.07, 6.45) is 1.16. The molecule has 3 unspecified atom stereocenters. The third-order valence-electron chi connectivity index (χ3n) is 6.78. The third kappa shape index (κ3) is 7.01. The van der Waals surface area contributed by atoms with Gasteiger partial charge in [0, 0.05) is 57.2 Å². The molecule has 1 aromatic carbocycles. The van der Waals surface area contributed by atoms with Gasteiger partial charge in [-0.15, -0.1) is 0 Å². The van der Waals surface area contributed by atoms with E-state index in [0.717, 1.165) is 5.56 Å². The van der Waals surface area contributed by atoms with E-state index in [1.165, 1.54) is 28.6 Å². The van der Waals surface area contributed by atoms with Crippen molar-refractivity contribution in [2.75, 3.05) is 31.5 Å². The van der Waals surface area contributed by atoms with E-state index in [2.05, 4.69) is 15.6 Å². The molecular formula is C25H31F2N5O4S. The van der Waals surface area contributed by atoms with Crippen LogP contribution in [-0.2, 0) is 21.4 Å². The Kier molecular flexibility index (Phi) is 8.70. The molecule has 9 nitrogen and oxygen atoms in total. The molecule has 1 saturated carbocycles. The highest BCUT2D eigenvalue weighted by molar-refractivity contribution is 7.89. The second-order valence-corrected chi connectivity index (χ2v) is 11.3. The van der Waals surface area contributed by atoms with Crippen molar-refractivity contribution in [2.45, 2.75) is 49.5 Å². The van der Waals surface area contributed by atoms with Crippen LogP contribution in [0.5, 0.6) is 0 Å². The fourth-order valence-corrected chi connectivity index (χ4v) is 6.04. The number of nitrogens with zero attached hydrogens (tertiary/aromatic N) is 3. The second-order valence-electron chi connectivity index (χ2n) is 9.39. The monoisotopic (exact) mass is 535 g/mol. The first-order valence-electron chi connectivity index (χ1n) is 12.3. The summed E-state index contributed by atoms with van der Waals surface area (Å²) in [6, 6.07) is 9.06. The largest absolute Gasteiger partial charge is 0.340 e. The number of carbonyl (C=O) groups is 2. The molecule has 37 heavy (non-hydrogen) atoms. The van der Waals surface area contributed by atoms with Crippen LogP contribution in [0.2, 0.25) is 0 Å². The number of halogens is 2. The Morgan fingerprint density at radius 2 is 1.73 bits per heavy atom. The number of hydrogen-bond donors (Lipinski definition) is 2. The summed E-state index contributed by atoms with van der Waals surface area (Å²) in [5.74, 6) is -0.329. The molecule has 2 aliphatic rings. The smallest absolute Gasteiger partial charge is 0.319 e. The molecule has 4 rings (SSSR count). The highest BCUT2D eigenvalue weighted by Crippen LogP contribution is 2.31. The Bertz CT molecular complexity index is 1180. The molecule has 2 aromatic rings. The Morgan fingerprint density at radius 3 is 2.38 bits per heavy atom. The first-order chi connectivity index (χ1) is 17.7. The van der Waals surface area contributed by atoms with Gasteiger partial charge >= 0.3 is 6.03 Å². The number of urea groups is 1. The molecule has 0 spiro atoms. The van der Waals surface area contributed by atoms with Gasteiger partial charge in [-0.05, 0) is 61.1 Å². The molecule has 1 saturated heterocycles. The van der Waals surface area contributed by atoms with Gasteiger partial charge in [0.1, 0.15) is 12.3 Å². The van der Waals surface area contributed by atoms with Crippen molar-refractivity contribution in [3.8, 4) is 0 Å². The maximum Gasteiger partial charge on any atom is 0.319 e. The van der Waals surface area contributed by atoms with Crippen molar-refractivity contribution in [3.05, 3.63) is 54.4 Å². The van der Waals surface area contributed by atoms with Crippen LogP contribution in [0.4, 0.5) is 19.3 Å². The highest BCUT2D eigenvalue weighted by Gasteiger charge is 2.34. The van der Waals surface area contributed by atoms with Crippen LogP contribution in [0.15, 0.2) is 53.7 Å². The molecule has 1 aliphatic carbocycles. The maximum absolute atomic E-state index is 13.7. The molecule has 3 amide bonds. The summed E-state index contributed by atoms with van der Waals surface area (Å²) in [4.78, 5) is 30.4. The Balaban J connectivity index is 1.25. The van der Waals surface area contributed by atoms with Gasteiger partial charge in [0.05, 0.1) is 4.90 Å². The molecule has 3 atom stereocenters. The fourth-order valence-electron chi connectivity index (χ4n) is 4.62. The number of alkyl halides is 2. The molecule has 0 radical (unpaired) electrons. The number of piperazine rings is 1.